The van der Waals surface area contributed by atoms with E-state index in [1.54, 1.807) is 13.0 Å². The van der Waals surface area contributed by atoms with Gasteiger partial charge in [-0.15, -0.1) is 0 Å². The van der Waals surface area contributed by atoms with E-state index in [2.05, 4.69) is 32.3 Å². The van der Waals surface area contributed by atoms with Gasteiger partial charge in [0.1, 0.15) is 11.6 Å². The van der Waals surface area contributed by atoms with Crippen LogP contribution in [0.3, 0.4) is 0 Å². The fourth-order valence-electron chi connectivity index (χ4n) is 4.42. The molecule has 1 fully saturated rings. The number of alkyl halides is 3. The number of benzene rings is 2. The van der Waals surface area contributed by atoms with Crippen LogP contribution in [-0.4, -0.2) is 35.8 Å². The summed E-state index contributed by atoms with van der Waals surface area (Å²) in [5.41, 5.74) is 8.72. The molecule has 0 spiro atoms. The summed E-state index contributed by atoms with van der Waals surface area (Å²) in [7, 11) is 0. The summed E-state index contributed by atoms with van der Waals surface area (Å²) in [5, 5.41) is 4.13. The highest BCUT2D eigenvalue weighted by Crippen LogP contribution is 2.38. The Bertz CT molecular complexity index is 1190. The van der Waals surface area contributed by atoms with Crippen LogP contribution in [0.15, 0.2) is 30.3 Å². The highest BCUT2D eigenvalue weighted by molar-refractivity contribution is 5.93. The molecule has 0 bridgehead atoms. The first-order chi connectivity index (χ1) is 15.2. The summed E-state index contributed by atoms with van der Waals surface area (Å²) in [4.78, 5) is 11.5. The molecule has 168 valence electrons. The van der Waals surface area contributed by atoms with E-state index in [0.29, 0.717) is 23.2 Å². The molecule has 1 saturated heterocycles. The average molecular weight is 443 g/mol. The monoisotopic (exact) mass is 443 g/mol. The van der Waals surface area contributed by atoms with E-state index in [4.69, 9.17) is 10.5 Å². The molecule has 3 N–H and O–H groups in total. The van der Waals surface area contributed by atoms with Crippen molar-refractivity contribution in [2.45, 2.75) is 38.5 Å². The predicted octanol–water partition coefficient (Wildman–Crippen LogP) is 4.47. The number of ether oxygens (including phenoxy) is 1. The molecular formula is C23H24F3N5O. The van der Waals surface area contributed by atoms with Gasteiger partial charge in [-0.1, -0.05) is 0 Å². The molecule has 1 aromatic heterocycles. The van der Waals surface area contributed by atoms with Crippen molar-refractivity contribution in [3.8, 4) is 0 Å². The molecule has 2 aliphatic rings. The van der Waals surface area contributed by atoms with Gasteiger partial charge in [-0.05, 0) is 61.7 Å². The van der Waals surface area contributed by atoms with Gasteiger partial charge in [0, 0.05) is 23.3 Å². The van der Waals surface area contributed by atoms with Gasteiger partial charge in [0.25, 0.3) is 0 Å². The highest BCUT2D eigenvalue weighted by atomic mass is 19.4. The molecular weight excluding hydrogens is 419 g/mol. The Balaban J connectivity index is 1.52. The van der Waals surface area contributed by atoms with Crippen molar-refractivity contribution >= 4 is 28.1 Å². The van der Waals surface area contributed by atoms with E-state index in [0.717, 1.165) is 54.9 Å². The second kappa shape index (κ2) is 7.51. The normalized spacial score (nSPS) is 17.3. The number of aryl methyl sites for hydroxylation is 1. The van der Waals surface area contributed by atoms with E-state index >= 15 is 0 Å². The van der Waals surface area contributed by atoms with Crippen molar-refractivity contribution in [3.63, 3.8) is 0 Å². The zero-order chi connectivity index (χ0) is 22.6. The average Bonchev–Trinajstić information content (AvgIpc) is 3.06. The molecule has 3 heterocycles. The van der Waals surface area contributed by atoms with Crippen LogP contribution >= 0.6 is 0 Å². The van der Waals surface area contributed by atoms with Crippen LogP contribution in [0.25, 0.3) is 10.9 Å². The molecule has 5 rings (SSSR count). The predicted molar refractivity (Wildman–Crippen MR) is 118 cm³/mol. The topological polar surface area (TPSA) is 76.3 Å². The molecule has 0 aliphatic carbocycles. The van der Waals surface area contributed by atoms with E-state index in [-0.39, 0.29) is 5.69 Å². The van der Waals surface area contributed by atoms with Crippen LogP contribution in [0.5, 0.6) is 0 Å². The molecule has 9 heteroatoms. The largest absolute Gasteiger partial charge is 0.416 e. The number of rotatable bonds is 4. The number of aromatic nitrogens is 2. The lowest BCUT2D eigenvalue weighted by atomic mass is 10.0. The van der Waals surface area contributed by atoms with Crippen molar-refractivity contribution in [1.29, 1.82) is 0 Å². The Hall–Kier alpha value is -3.07. The number of hydrogen-bond acceptors (Lipinski definition) is 6. The third-order valence-corrected chi connectivity index (χ3v) is 6.16. The van der Waals surface area contributed by atoms with Crippen LogP contribution in [0, 0.1) is 6.92 Å². The number of nitrogen functional groups attached to an aromatic ring is 1. The number of fused-ring (bicyclic) bond motifs is 2. The number of nitrogens with one attached hydrogen (secondary N) is 1. The number of nitrogens with two attached hydrogens (primary N) is 1. The zero-order valence-corrected chi connectivity index (χ0v) is 17.8. The van der Waals surface area contributed by atoms with Gasteiger partial charge >= 0.3 is 6.18 Å². The zero-order valence-electron chi connectivity index (χ0n) is 17.8. The second-order valence-corrected chi connectivity index (χ2v) is 8.50. The maximum absolute atomic E-state index is 13.3. The first kappa shape index (κ1) is 20.8. The van der Waals surface area contributed by atoms with Crippen molar-refractivity contribution < 1.29 is 17.9 Å². The Kier molecular flexibility index (Phi) is 4.88. The maximum atomic E-state index is 13.3. The summed E-state index contributed by atoms with van der Waals surface area (Å²) >= 11 is 0. The van der Waals surface area contributed by atoms with Crippen LogP contribution in [0.4, 0.5) is 30.4 Å². The lowest BCUT2D eigenvalue weighted by Gasteiger charge is -2.36. The van der Waals surface area contributed by atoms with Crippen LogP contribution in [0.1, 0.15) is 35.5 Å². The SMILES string of the molecule is Cc1nc(NC(C)c2cc(N)cc(C(F)(F)F)c2)c2cc3c(cc2n1)CCN3C1COC1. The summed E-state index contributed by atoms with van der Waals surface area (Å²) in [6, 6.07) is 7.74. The minimum absolute atomic E-state index is 0.0726. The lowest BCUT2D eigenvalue weighted by molar-refractivity contribution is -0.137. The molecule has 3 aromatic rings. The standard InChI is InChI=1S/C23H24F3N5O/c1-12(15-5-16(23(24,25)26)8-17(27)6-15)28-22-19-9-21-14(7-20(19)29-13(2)30-22)3-4-31(21)18-10-32-11-18/h5-9,12,18H,3-4,10-11,27H2,1-2H3,(H,28,29,30). The van der Waals surface area contributed by atoms with Gasteiger partial charge in [-0.25, -0.2) is 9.97 Å². The second-order valence-electron chi connectivity index (χ2n) is 8.50. The van der Waals surface area contributed by atoms with Gasteiger partial charge in [-0.2, -0.15) is 13.2 Å². The molecule has 32 heavy (non-hydrogen) atoms. The van der Waals surface area contributed by atoms with E-state index < -0.39 is 17.8 Å². The third kappa shape index (κ3) is 3.70. The van der Waals surface area contributed by atoms with Gasteiger partial charge < -0.3 is 20.7 Å². The number of halogens is 3. The molecule has 0 radical (unpaired) electrons. The Morgan fingerprint density at radius 3 is 2.62 bits per heavy atom. The number of anilines is 3. The maximum Gasteiger partial charge on any atom is 0.416 e. The summed E-state index contributed by atoms with van der Waals surface area (Å²) in [6.07, 6.45) is -3.51. The first-order valence-corrected chi connectivity index (χ1v) is 10.6. The quantitative estimate of drug-likeness (QED) is 0.580. The minimum atomic E-state index is -4.46. The number of hydrogen-bond donors (Lipinski definition) is 2. The summed E-state index contributed by atoms with van der Waals surface area (Å²) < 4.78 is 45.1. The third-order valence-electron chi connectivity index (χ3n) is 6.16. The molecule has 2 aromatic carbocycles. The Morgan fingerprint density at radius 2 is 1.94 bits per heavy atom. The molecule has 0 amide bonds. The van der Waals surface area contributed by atoms with Crippen LogP contribution in [0.2, 0.25) is 0 Å². The molecule has 1 unspecified atom stereocenters. The summed E-state index contributed by atoms with van der Waals surface area (Å²) in [5.74, 6) is 1.19. The van der Waals surface area contributed by atoms with Crippen molar-refractivity contribution in [3.05, 3.63) is 52.8 Å². The lowest BCUT2D eigenvalue weighted by Crippen LogP contribution is -2.48. The molecule has 6 nitrogen and oxygen atoms in total. The van der Waals surface area contributed by atoms with Crippen molar-refractivity contribution in [2.75, 3.05) is 35.7 Å². The fourth-order valence-corrected chi connectivity index (χ4v) is 4.42. The van der Waals surface area contributed by atoms with Gasteiger partial charge in [0.15, 0.2) is 0 Å². The molecule has 1 atom stereocenters. The van der Waals surface area contributed by atoms with Gasteiger partial charge in [-0.3, -0.25) is 0 Å². The van der Waals surface area contributed by atoms with E-state index in [1.807, 2.05) is 6.92 Å². The molecule has 0 saturated carbocycles. The smallest absolute Gasteiger partial charge is 0.399 e. The first-order valence-electron chi connectivity index (χ1n) is 10.6. The summed E-state index contributed by atoms with van der Waals surface area (Å²) in [6.45, 7) is 5.99. The Labute approximate surface area is 183 Å². The van der Waals surface area contributed by atoms with Crippen molar-refractivity contribution in [1.82, 2.24) is 9.97 Å². The van der Waals surface area contributed by atoms with E-state index in [1.165, 1.54) is 5.56 Å². The minimum Gasteiger partial charge on any atom is -0.399 e. The fraction of sp³-hybridized carbons (Fsp3) is 0.391. The number of nitrogens with zero attached hydrogens (tertiary/aromatic N) is 3. The highest BCUT2D eigenvalue weighted by Gasteiger charge is 2.33. The molecule has 2 aliphatic heterocycles. The van der Waals surface area contributed by atoms with E-state index in [9.17, 15) is 13.2 Å². The van der Waals surface area contributed by atoms with Gasteiger partial charge in [0.05, 0.1) is 36.4 Å². The van der Waals surface area contributed by atoms with Crippen LogP contribution in [-0.2, 0) is 17.3 Å². The Morgan fingerprint density at radius 1 is 1.16 bits per heavy atom. The van der Waals surface area contributed by atoms with Crippen molar-refractivity contribution in [2.24, 2.45) is 0 Å². The van der Waals surface area contributed by atoms with Crippen LogP contribution < -0.4 is 16.0 Å². The van der Waals surface area contributed by atoms with Gasteiger partial charge in [0.2, 0.25) is 0 Å².